The van der Waals surface area contributed by atoms with Gasteiger partial charge in [0.2, 0.25) is 0 Å². The first kappa shape index (κ1) is 11.6. The molecule has 1 rings (SSSR count). The SMILES string of the molecule is COCCCCNc1ncncc1I. The van der Waals surface area contributed by atoms with E-state index in [0.29, 0.717) is 0 Å². The molecule has 14 heavy (non-hydrogen) atoms. The molecular weight excluding hydrogens is 293 g/mol. The van der Waals surface area contributed by atoms with Crippen LogP contribution < -0.4 is 5.32 Å². The standard InChI is InChI=1S/C9H14IN3O/c1-14-5-3-2-4-12-9-8(10)6-11-7-13-9/h6-7H,2-5H2,1H3,(H,11,12,13). The Hall–Kier alpha value is -0.430. The second-order valence-electron chi connectivity index (χ2n) is 2.85. The Balaban J connectivity index is 2.21. The molecule has 0 saturated carbocycles. The van der Waals surface area contributed by atoms with Crippen molar-refractivity contribution in [3.63, 3.8) is 0 Å². The number of rotatable bonds is 6. The van der Waals surface area contributed by atoms with E-state index in [1.54, 1.807) is 19.6 Å². The molecule has 4 nitrogen and oxygen atoms in total. The number of methoxy groups -OCH3 is 1. The molecule has 0 saturated heterocycles. The Kier molecular flexibility index (Phi) is 5.77. The topological polar surface area (TPSA) is 47.0 Å². The van der Waals surface area contributed by atoms with Gasteiger partial charge in [-0.25, -0.2) is 9.97 Å². The fourth-order valence-electron chi connectivity index (χ4n) is 1.02. The van der Waals surface area contributed by atoms with Crippen molar-refractivity contribution in [2.45, 2.75) is 12.8 Å². The van der Waals surface area contributed by atoms with Crippen LogP contribution in [-0.2, 0) is 4.74 Å². The first-order chi connectivity index (χ1) is 6.84. The number of nitrogens with one attached hydrogen (secondary N) is 1. The van der Waals surface area contributed by atoms with E-state index in [1.807, 2.05) is 0 Å². The van der Waals surface area contributed by atoms with Crippen LogP contribution in [0.1, 0.15) is 12.8 Å². The Morgan fingerprint density at radius 2 is 2.36 bits per heavy atom. The second kappa shape index (κ2) is 6.94. The van der Waals surface area contributed by atoms with Gasteiger partial charge < -0.3 is 10.1 Å². The normalized spacial score (nSPS) is 10.1. The third-order valence-electron chi connectivity index (χ3n) is 1.74. The highest BCUT2D eigenvalue weighted by molar-refractivity contribution is 14.1. The van der Waals surface area contributed by atoms with Gasteiger partial charge in [0.25, 0.3) is 0 Å². The number of nitrogens with zero attached hydrogens (tertiary/aromatic N) is 2. The van der Waals surface area contributed by atoms with E-state index in [4.69, 9.17) is 4.74 Å². The Bertz CT molecular complexity index is 270. The molecule has 1 heterocycles. The molecule has 0 aliphatic rings. The van der Waals surface area contributed by atoms with E-state index in [2.05, 4.69) is 37.9 Å². The van der Waals surface area contributed by atoms with E-state index in [0.717, 1.165) is 35.4 Å². The maximum absolute atomic E-state index is 4.96. The Morgan fingerprint density at radius 3 is 3.07 bits per heavy atom. The highest BCUT2D eigenvalue weighted by Crippen LogP contribution is 2.11. The van der Waals surface area contributed by atoms with Crippen molar-refractivity contribution in [3.8, 4) is 0 Å². The number of unbranched alkanes of at least 4 members (excludes halogenated alkanes) is 1. The highest BCUT2D eigenvalue weighted by atomic mass is 127. The van der Waals surface area contributed by atoms with Gasteiger partial charge in [0.15, 0.2) is 0 Å². The van der Waals surface area contributed by atoms with E-state index in [1.165, 1.54) is 0 Å². The summed E-state index contributed by atoms with van der Waals surface area (Å²) in [5, 5.41) is 3.26. The van der Waals surface area contributed by atoms with Crippen molar-refractivity contribution < 1.29 is 4.74 Å². The summed E-state index contributed by atoms with van der Waals surface area (Å²) in [5.74, 6) is 0.915. The molecule has 1 N–H and O–H groups in total. The molecular formula is C9H14IN3O. The van der Waals surface area contributed by atoms with Crippen molar-refractivity contribution >= 4 is 28.4 Å². The predicted molar refractivity (Wildman–Crippen MR) is 64.3 cm³/mol. The molecule has 0 aliphatic heterocycles. The molecule has 0 aliphatic carbocycles. The summed E-state index contributed by atoms with van der Waals surface area (Å²) in [6.07, 6.45) is 5.52. The van der Waals surface area contributed by atoms with Gasteiger partial charge in [-0.3, -0.25) is 0 Å². The van der Waals surface area contributed by atoms with Crippen LogP contribution in [0.25, 0.3) is 0 Å². The quantitative estimate of drug-likeness (QED) is 0.644. The Morgan fingerprint density at radius 1 is 1.50 bits per heavy atom. The van der Waals surface area contributed by atoms with E-state index in [-0.39, 0.29) is 0 Å². The molecule has 5 heteroatoms. The van der Waals surface area contributed by atoms with Crippen molar-refractivity contribution in [1.82, 2.24) is 9.97 Å². The van der Waals surface area contributed by atoms with Crippen molar-refractivity contribution in [1.29, 1.82) is 0 Å². The lowest BCUT2D eigenvalue weighted by molar-refractivity contribution is 0.194. The number of hydrogen-bond donors (Lipinski definition) is 1. The van der Waals surface area contributed by atoms with Crippen molar-refractivity contribution in [3.05, 3.63) is 16.1 Å². The van der Waals surface area contributed by atoms with Crippen LogP contribution in [0.15, 0.2) is 12.5 Å². The average Bonchev–Trinajstić information content (AvgIpc) is 2.20. The molecule has 0 fully saturated rings. The smallest absolute Gasteiger partial charge is 0.142 e. The fourth-order valence-corrected chi connectivity index (χ4v) is 1.51. The zero-order chi connectivity index (χ0) is 10.2. The molecule has 0 radical (unpaired) electrons. The molecule has 1 aromatic rings. The van der Waals surface area contributed by atoms with Gasteiger partial charge in [0.05, 0.1) is 3.57 Å². The molecule has 0 bridgehead atoms. The molecule has 78 valence electrons. The largest absolute Gasteiger partial charge is 0.385 e. The number of anilines is 1. The molecule has 0 atom stereocenters. The van der Waals surface area contributed by atoms with Gasteiger partial charge in [0.1, 0.15) is 12.1 Å². The lowest BCUT2D eigenvalue weighted by atomic mass is 10.3. The van der Waals surface area contributed by atoms with Crippen LogP contribution in [0.4, 0.5) is 5.82 Å². The maximum atomic E-state index is 4.96. The van der Waals surface area contributed by atoms with Gasteiger partial charge in [-0.15, -0.1) is 0 Å². The first-order valence-corrected chi connectivity index (χ1v) is 5.61. The zero-order valence-electron chi connectivity index (χ0n) is 8.16. The van der Waals surface area contributed by atoms with Gasteiger partial charge in [-0.2, -0.15) is 0 Å². The summed E-state index contributed by atoms with van der Waals surface area (Å²) in [6.45, 7) is 1.75. The van der Waals surface area contributed by atoms with E-state index < -0.39 is 0 Å². The fraction of sp³-hybridized carbons (Fsp3) is 0.556. The molecule has 1 aromatic heterocycles. The summed E-state index contributed by atoms with van der Waals surface area (Å²) < 4.78 is 6.02. The molecule has 0 unspecified atom stereocenters. The Labute approximate surface area is 97.6 Å². The van der Waals surface area contributed by atoms with Crippen LogP contribution in [0.2, 0.25) is 0 Å². The summed E-state index contributed by atoms with van der Waals surface area (Å²) in [7, 11) is 1.72. The summed E-state index contributed by atoms with van der Waals surface area (Å²) in [4.78, 5) is 8.06. The highest BCUT2D eigenvalue weighted by Gasteiger charge is 1.98. The van der Waals surface area contributed by atoms with Gasteiger partial charge in [0, 0.05) is 26.5 Å². The van der Waals surface area contributed by atoms with Crippen molar-refractivity contribution in [2.75, 3.05) is 25.6 Å². The molecule has 0 aromatic carbocycles. The minimum absolute atomic E-state index is 0.822. The maximum Gasteiger partial charge on any atom is 0.142 e. The van der Waals surface area contributed by atoms with Crippen LogP contribution in [0, 0.1) is 3.57 Å². The zero-order valence-corrected chi connectivity index (χ0v) is 10.3. The second-order valence-corrected chi connectivity index (χ2v) is 4.01. The minimum atomic E-state index is 0.822. The van der Waals surface area contributed by atoms with Crippen LogP contribution in [0.3, 0.4) is 0 Å². The number of halogens is 1. The van der Waals surface area contributed by atoms with Gasteiger partial charge in [-0.05, 0) is 35.4 Å². The molecule has 0 spiro atoms. The predicted octanol–water partition coefficient (Wildman–Crippen LogP) is 1.92. The van der Waals surface area contributed by atoms with Gasteiger partial charge in [-0.1, -0.05) is 0 Å². The lowest BCUT2D eigenvalue weighted by Crippen LogP contribution is -2.06. The lowest BCUT2D eigenvalue weighted by Gasteiger charge is -2.05. The van der Waals surface area contributed by atoms with Gasteiger partial charge >= 0.3 is 0 Å². The van der Waals surface area contributed by atoms with E-state index >= 15 is 0 Å². The first-order valence-electron chi connectivity index (χ1n) is 4.53. The van der Waals surface area contributed by atoms with Crippen LogP contribution >= 0.6 is 22.6 Å². The summed E-state index contributed by atoms with van der Waals surface area (Å²) in [5.41, 5.74) is 0. The monoisotopic (exact) mass is 307 g/mol. The summed E-state index contributed by atoms with van der Waals surface area (Å²) in [6, 6.07) is 0. The third kappa shape index (κ3) is 4.19. The van der Waals surface area contributed by atoms with Crippen molar-refractivity contribution in [2.24, 2.45) is 0 Å². The number of hydrogen-bond acceptors (Lipinski definition) is 4. The minimum Gasteiger partial charge on any atom is -0.385 e. The van der Waals surface area contributed by atoms with Crippen LogP contribution in [-0.4, -0.2) is 30.2 Å². The number of ether oxygens (including phenoxy) is 1. The van der Waals surface area contributed by atoms with E-state index in [9.17, 15) is 0 Å². The summed E-state index contributed by atoms with van der Waals surface area (Å²) >= 11 is 2.22. The van der Waals surface area contributed by atoms with Crippen LogP contribution in [0.5, 0.6) is 0 Å². The third-order valence-corrected chi connectivity index (χ3v) is 2.52. The number of aromatic nitrogens is 2. The average molecular weight is 307 g/mol. The molecule has 0 amide bonds.